The molecule has 1 heterocycles. The van der Waals surface area contributed by atoms with Crippen molar-refractivity contribution in [2.24, 2.45) is 11.8 Å². The highest BCUT2D eigenvalue weighted by Gasteiger charge is 2.31. The topological polar surface area (TPSA) is 4.44 Å². The minimum Gasteiger partial charge on any atom is -0.407 e. The van der Waals surface area contributed by atoms with Gasteiger partial charge >= 0.3 is 0 Å². The SMILES string of the molecule is [CH2-][NH+]1C(C(C)C)=C(Br)C(Br)=C1C(C)C. The molecule has 1 nitrogen and oxygen atoms in total. The summed E-state index contributed by atoms with van der Waals surface area (Å²) in [6, 6.07) is 0. The van der Waals surface area contributed by atoms with Gasteiger partial charge < -0.3 is 4.90 Å². The third kappa shape index (κ3) is 2.00. The van der Waals surface area contributed by atoms with Gasteiger partial charge in [0, 0.05) is 11.8 Å². The molecule has 0 bridgehead atoms. The molecular formula is C11H17Br2N. The third-order valence-corrected chi connectivity index (χ3v) is 4.65. The van der Waals surface area contributed by atoms with Crippen LogP contribution in [0.3, 0.4) is 0 Å². The van der Waals surface area contributed by atoms with Crippen molar-refractivity contribution in [3.63, 3.8) is 0 Å². The predicted molar refractivity (Wildman–Crippen MR) is 67.9 cm³/mol. The molecule has 1 rings (SSSR count). The highest BCUT2D eigenvalue weighted by molar-refractivity contribution is 9.15. The van der Waals surface area contributed by atoms with E-state index in [0.717, 1.165) is 0 Å². The maximum atomic E-state index is 4.18. The van der Waals surface area contributed by atoms with E-state index >= 15 is 0 Å². The van der Waals surface area contributed by atoms with E-state index in [-0.39, 0.29) is 0 Å². The molecule has 0 unspecified atom stereocenters. The molecule has 0 radical (unpaired) electrons. The smallest absolute Gasteiger partial charge is 0.104 e. The molecule has 0 aromatic heterocycles. The Kier molecular flexibility index (Phi) is 4.01. The largest absolute Gasteiger partial charge is 0.407 e. The van der Waals surface area contributed by atoms with Gasteiger partial charge in [-0.25, -0.2) is 0 Å². The van der Waals surface area contributed by atoms with Crippen LogP contribution in [0.2, 0.25) is 0 Å². The molecule has 14 heavy (non-hydrogen) atoms. The lowest BCUT2D eigenvalue weighted by Gasteiger charge is -2.25. The summed E-state index contributed by atoms with van der Waals surface area (Å²) >= 11 is 7.27. The Labute approximate surface area is 103 Å². The Morgan fingerprint density at radius 3 is 1.36 bits per heavy atom. The van der Waals surface area contributed by atoms with Crippen LogP contribution >= 0.6 is 31.9 Å². The Bertz CT molecular complexity index is 270. The number of rotatable bonds is 2. The zero-order valence-corrected chi connectivity index (χ0v) is 12.3. The molecular weight excluding hydrogens is 306 g/mol. The molecule has 0 fully saturated rings. The summed E-state index contributed by atoms with van der Waals surface area (Å²) < 4.78 is 2.36. The lowest BCUT2D eigenvalue weighted by molar-refractivity contribution is -0.774. The number of nitrogens with one attached hydrogen (secondary N) is 1. The molecule has 80 valence electrons. The van der Waals surface area contributed by atoms with Crippen molar-refractivity contribution >= 4 is 31.9 Å². The lowest BCUT2D eigenvalue weighted by Crippen LogP contribution is -3.03. The molecule has 1 aliphatic heterocycles. The van der Waals surface area contributed by atoms with Gasteiger partial charge in [-0.05, 0) is 31.9 Å². The number of halogens is 2. The van der Waals surface area contributed by atoms with Crippen molar-refractivity contribution in [3.05, 3.63) is 27.4 Å². The molecule has 0 atom stereocenters. The van der Waals surface area contributed by atoms with Crippen LogP contribution < -0.4 is 4.90 Å². The van der Waals surface area contributed by atoms with Crippen molar-refractivity contribution in [1.82, 2.24) is 0 Å². The molecule has 0 saturated carbocycles. The quantitative estimate of drug-likeness (QED) is 0.745. The Morgan fingerprint density at radius 1 is 0.929 bits per heavy atom. The van der Waals surface area contributed by atoms with Gasteiger partial charge in [-0.3, -0.25) is 0 Å². The fraction of sp³-hybridized carbons (Fsp3) is 0.545. The van der Waals surface area contributed by atoms with Crippen LogP contribution in [0.1, 0.15) is 27.7 Å². The first kappa shape index (κ1) is 12.5. The van der Waals surface area contributed by atoms with Crippen LogP contribution in [-0.4, -0.2) is 0 Å². The summed E-state index contributed by atoms with van der Waals surface area (Å²) in [7, 11) is 4.18. The van der Waals surface area contributed by atoms with Gasteiger partial charge in [0.1, 0.15) is 11.4 Å². The van der Waals surface area contributed by atoms with Crippen molar-refractivity contribution < 1.29 is 4.90 Å². The predicted octanol–water partition coefficient (Wildman–Crippen LogP) is 3.20. The molecule has 0 spiro atoms. The van der Waals surface area contributed by atoms with Crippen molar-refractivity contribution in [1.29, 1.82) is 0 Å². The van der Waals surface area contributed by atoms with E-state index in [1.807, 2.05) is 0 Å². The first-order valence-corrected chi connectivity index (χ1v) is 6.45. The minimum atomic E-state index is 0.515. The van der Waals surface area contributed by atoms with Gasteiger partial charge in [-0.1, -0.05) is 27.7 Å². The number of quaternary nitrogens is 1. The first-order valence-electron chi connectivity index (χ1n) is 4.87. The second-order valence-corrected chi connectivity index (χ2v) is 5.83. The van der Waals surface area contributed by atoms with Crippen LogP contribution in [0.15, 0.2) is 20.4 Å². The standard InChI is InChI=1S/C11H17Br2N/c1-6(2)10-8(12)9(13)11(7(3)4)14(10)5/h6-7,14H,5H2,1-4H3. The maximum Gasteiger partial charge on any atom is 0.104 e. The zero-order chi connectivity index (χ0) is 11.0. The third-order valence-electron chi connectivity index (χ3n) is 2.47. The number of allylic oxidation sites excluding steroid dienone is 4. The summed E-state index contributed by atoms with van der Waals surface area (Å²) in [5.74, 6) is 1.03. The minimum absolute atomic E-state index is 0.515. The summed E-state index contributed by atoms with van der Waals surface area (Å²) in [4.78, 5) is 1.19. The van der Waals surface area contributed by atoms with Crippen LogP contribution in [0, 0.1) is 18.9 Å². The van der Waals surface area contributed by atoms with Crippen molar-refractivity contribution in [2.45, 2.75) is 27.7 Å². The van der Waals surface area contributed by atoms with Crippen LogP contribution in [0.25, 0.3) is 0 Å². The zero-order valence-electron chi connectivity index (χ0n) is 9.12. The van der Waals surface area contributed by atoms with E-state index in [4.69, 9.17) is 0 Å². The molecule has 1 aliphatic rings. The van der Waals surface area contributed by atoms with E-state index in [1.165, 1.54) is 25.3 Å². The Hall–Kier alpha value is 0.400. The second-order valence-electron chi connectivity index (χ2n) is 4.24. The summed E-state index contributed by atoms with van der Waals surface area (Å²) in [6.07, 6.45) is 0. The van der Waals surface area contributed by atoms with Gasteiger partial charge in [0.2, 0.25) is 0 Å². The highest BCUT2D eigenvalue weighted by Crippen LogP contribution is 2.35. The Morgan fingerprint density at radius 2 is 1.21 bits per heavy atom. The fourth-order valence-electron chi connectivity index (χ4n) is 1.85. The van der Waals surface area contributed by atoms with Crippen LogP contribution in [0.4, 0.5) is 0 Å². The molecule has 1 N–H and O–H groups in total. The molecule has 0 amide bonds. The van der Waals surface area contributed by atoms with Crippen molar-refractivity contribution in [3.8, 4) is 0 Å². The van der Waals surface area contributed by atoms with Gasteiger partial charge in [-0.15, -0.1) is 7.05 Å². The van der Waals surface area contributed by atoms with E-state index in [1.54, 1.807) is 0 Å². The molecule has 0 aromatic rings. The van der Waals surface area contributed by atoms with Gasteiger partial charge in [0.15, 0.2) is 0 Å². The monoisotopic (exact) mass is 321 g/mol. The normalized spacial score (nSPS) is 19.5. The molecule has 3 heteroatoms. The lowest BCUT2D eigenvalue weighted by atomic mass is 10.1. The fourth-order valence-corrected chi connectivity index (χ4v) is 3.67. The second kappa shape index (κ2) is 4.50. The highest BCUT2D eigenvalue weighted by atomic mass is 79.9. The Balaban J connectivity index is 3.12. The van der Waals surface area contributed by atoms with Crippen molar-refractivity contribution in [2.75, 3.05) is 0 Å². The molecule has 0 aliphatic carbocycles. The average Bonchev–Trinajstić information content (AvgIpc) is 2.23. The van der Waals surface area contributed by atoms with Crippen LogP contribution in [-0.2, 0) is 0 Å². The first-order chi connectivity index (χ1) is 6.37. The summed E-state index contributed by atoms with van der Waals surface area (Å²) in [5, 5.41) is 0. The van der Waals surface area contributed by atoms with Crippen LogP contribution in [0.5, 0.6) is 0 Å². The van der Waals surface area contributed by atoms with E-state index in [0.29, 0.717) is 11.8 Å². The number of hydrogen-bond acceptors (Lipinski definition) is 0. The van der Waals surface area contributed by atoms with E-state index in [9.17, 15) is 0 Å². The number of hydrogen-bond donors (Lipinski definition) is 1. The van der Waals surface area contributed by atoms with Gasteiger partial charge in [-0.2, -0.15) is 0 Å². The molecule has 0 saturated heterocycles. The summed E-state index contributed by atoms with van der Waals surface area (Å²) in [5.41, 5.74) is 2.67. The van der Waals surface area contributed by atoms with E-state index < -0.39 is 0 Å². The van der Waals surface area contributed by atoms with E-state index in [2.05, 4.69) is 66.6 Å². The van der Waals surface area contributed by atoms with Gasteiger partial charge in [0.25, 0.3) is 0 Å². The average molecular weight is 323 g/mol. The molecule has 0 aromatic carbocycles. The van der Waals surface area contributed by atoms with Gasteiger partial charge in [0.05, 0.1) is 8.96 Å². The summed E-state index contributed by atoms with van der Waals surface area (Å²) in [6.45, 7) is 8.80. The maximum absolute atomic E-state index is 4.18.